The van der Waals surface area contributed by atoms with Gasteiger partial charge >= 0.3 is 0 Å². The minimum Gasteiger partial charge on any atom is -0.387 e. The molecule has 2 aromatic heterocycles. The zero-order valence-electron chi connectivity index (χ0n) is 20.9. The van der Waals surface area contributed by atoms with Crippen molar-refractivity contribution in [1.29, 1.82) is 0 Å². The second-order valence-corrected chi connectivity index (χ2v) is 11.6. The zero-order valence-corrected chi connectivity index (χ0v) is 20.9. The molecule has 0 saturated heterocycles. The SMILES string of the molecule is COC[C@@]1(O)CC[C@H]2[C@@H](CC[C@@H]3[C@@H]2CCC[C@@H](C(=O)Cn2ncc4ccncc42)CC[C@@H]3C)C1. The largest absolute Gasteiger partial charge is 0.387 e. The lowest BCUT2D eigenvalue weighted by Crippen LogP contribution is -2.48. The highest BCUT2D eigenvalue weighted by Gasteiger charge is 2.47. The van der Waals surface area contributed by atoms with Gasteiger partial charge in [0.2, 0.25) is 0 Å². The number of aliphatic hydroxyl groups is 1. The maximum atomic E-state index is 13.3. The lowest BCUT2D eigenvalue weighted by molar-refractivity contribution is -0.124. The van der Waals surface area contributed by atoms with Crippen LogP contribution in [-0.4, -0.2) is 45.0 Å². The standard InChI is InChI=1S/C28H41N3O3/c1-19-6-7-20(27(32)17-31-26-16-29-13-11-22(26)15-30-31)4-3-5-25-23(19)9-8-21-14-28(33,18-34-2)12-10-24(21)25/h11,13,15-16,19-21,23-25,33H,3-10,12,14,17-18H2,1-2H3/t19-,20+,21-,23-,24-,25-,28+/m0/s1. The number of hydrogen-bond donors (Lipinski definition) is 1. The van der Waals surface area contributed by atoms with Crippen molar-refractivity contribution in [3.8, 4) is 0 Å². The maximum Gasteiger partial charge on any atom is 0.157 e. The number of Topliss-reactive ketones (excluding diaryl/α,β-unsaturated/α-hetero) is 1. The van der Waals surface area contributed by atoms with E-state index in [1.54, 1.807) is 19.5 Å². The molecular weight excluding hydrogens is 426 g/mol. The van der Waals surface area contributed by atoms with E-state index in [9.17, 15) is 9.90 Å². The molecule has 3 aliphatic carbocycles. The first-order valence-corrected chi connectivity index (χ1v) is 13.5. The summed E-state index contributed by atoms with van der Waals surface area (Å²) in [6.45, 7) is 3.25. The first kappa shape index (κ1) is 23.9. The van der Waals surface area contributed by atoms with Crippen LogP contribution in [0, 0.1) is 35.5 Å². The van der Waals surface area contributed by atoms with Gasteiger partial charge in [0.25, 0.3) is 0 Å². The number of methoxy groups -OCH3 is 1. The molecule has 7 atom stereocenters. The second kappa shape index (κ2) is 10.1. The van der Waals surface area contributed by atoms with Gasteiger partial charge in [-0.2, -0.15) is 5.10 Å². The summed E-state index contributed by atoms with van der Waals surface area (Å²) in [6, 6.07) is 1.95. The molecule has 0 aliphatic heterocycles. The van der Waals surface area contributed by atoms with E-state index in [1.165, 1.54) is 19.3 Å². The highest BCUT2D eigenvalue weighted by molar-refractivity contribution is 5.83. The summed E-state index contributed by atoms with van der Waals surface area (Å²) < 4.78 is 7.17. The van der Waals surface area contributed by atoms with Crippen LogP contribution in [0.1, 0.15) is 71.1 Å². The molecule has 3 aliphatic rings. The minimum absolute atomic E-state index is 0.132. The molecule has 0 bridgehead atoms. The highest BCUT2D eigenvalue weighted by Crippen LogP contribution is 2.53. The smallest absolute Gasteiger partial charge is 0.157 e. The van der Waals surface area contributed by atoms with Crippen molar-refractivity contribution in [2.24, 2.45) is 35.5 Å². The molecule has 2 aromatic rings. The number of pyridine rings is 1. The second-order valence-electron chi connectivity index (χ2n) is 11.6. The van der Waals surface area contributed by atoms with E-state index < -0.39 is 5.60 Å². The van der Waals surface area contributed by atoms with Gasteiger partial charge in [-0.1, -0.05) is 13.3 Å². The summed E-state index contributed by atoms with van der Waals surface area (Å²) in [7, 11) is 1.70. The van der Waals surface area contributed by atoms with Crippen LogP contribution in [0.15, 0.2) is 24.7 Å². The predicted molar refractivity (Wildman–Crippen MR) is 132 cm³/mol. The number of fused-ring (bicyclic) bond motifs is 4. The molecule has 1 N–H and O–H groups in total. The molecule has 3 saturated carbocycles. The lowest BCUT2D eigenvalue weighted by Gasteiger charge is -2.51. The third-order valence-electron chi connectivity index (χ3n) is 9.57. The van der Waals surface area contributed by atoms with Gasteiger partial charge in [0.1, 0.15) is 6.54 Å². The summed E-state index contributed by atoms with van der Waals surface area (Å²) >= 11 is 0. The van der Waals surface area contributed by atoms with Crippen molar-refractivity contribution in [1.82, 2.24) is 14.8 Å². The third kappa shape index (κ3) is 4.81. The topological polar surface area (TPSA) is 77.2 Å². The summed E-state index contributed by atoms with van der Waals surface area (Å²) in [4.78, 5) is 17.6. The number of aromatic nitrogens is 3. The van der Waals surface area contributed by atoms with Gasteiger partial charge in [-0.3, -0.25) is 14.5 Å². The van der Waals surface area contributed by atoms with Crippen molar-refractivity contribution in [2.75, 3.05) is 13.7 Å². The molecule has 0 spiro atoms. The molecule has 5 rings (SSSR count). The average molecular weight is 468 g/mol. The number of carbonyl (C=O) groups excluding carboxylic acids is 1. The van der Waals surface area contributed by atoms with Gasteiger partial charge < -0.3 is 9.84 Å². The summed E-state index contributed by atoms with van der Waals surface area (Å²) in [5.41, 5.74) is 0.311. The van der Waals surface area contributed by atoms with Gasteiger partial charge in [0, 0.05) is 24.6 Å². The Bertz CT molecular complexity index is 990. The molecule has 3 fully saturated rings. The van der Waals surface area contributed by atoms with E-state index in [0.717, 1.165) is 73.6 Å². The third-order valence-corrected chi connectivity index (χ3v) is 9.57. The highest BCUT2D eigenvalue weighted by atomic mass is 16.5. The quantitative estimate of drug-likeness (QED) is 0.667. The van der Waals surface area contributed by atoms with Crippen LogP contribution in [-0.2, 0) is 16.1 Å². The molecule has 0 radical (unpaired) electrons. The zero-order chi connectivity index (χ0) is 23.7. The first-order chi connectivity index (χ1) is 16.5. The molecule has 0 amide bonds. The van der Waals surface area contributed by atoms with Gasteiger partial charge in [-0.05, 0) is 93.4 Å². The van der Waals surface area contributed by atoms with E-state index in [4.69, 9.17) is 4.74 Å². The minimum atomic E-state index is -0.628. The Kier molecular flexibility index (Phi) is 7.08. The van der Waals surface area contributed by atoms with E-state index in [1.807, 2.05) is 16.9 Å². The van der Waals surface area contributed by atoms with Crippen molar-refractivity contribution in [2.45, 2.75) is 83.3 Å². The van der Waals surface area contributed by atoms with Gasteiger partial charge in [0.05, 0.1) is 30.1 Å². The molecular formula is C28H41N3O3. The summed E-state index contributed by atoms with van der Waals surface area (Å²) in [6.07, 6.45) is 16.3. The van der Waals surface area contributed by atoms with Crippen LogP contribution in [0.5, 0.6) is 0 Å². The Morgan fingerprint density at radius 2 is 2.00 bits per heavy atom. The van der Waals surface area contributed by atoms with Gasteiger partial charge in [-0.25, -0.2) is 0 Å². The molecule has 0 unspecified atom stereocenters. The van der Waals surface area contributed by atoms with Crippen molar-refractivity contribution >= 4 is 16.7 Å². The fourth-order valence-electron chi connectivity index (χ4n) is 7.83. The molecule has 6 nitrogen and oxygen atoms in total. The van der Waals surface area contributed by atoms with Crippen LogP contribution in [0.25, 0.3) is 10.9 Å². The van der Waals surface area contributed by atoms with E-state index >= 15 is 0 Å². The Morgan fingerprint density at radius 1 is 1.12 bits per heavy atom. The number of ether oxygens (including phenoxy) is 1. The van der Waals surface area contributed by atoms with Crippen molar-refractivity contribution in [3.63, 3.8) is 0 Å². The number of carbonyl (C=O) groups is 1. The first-order valence-electron chi connectivity index (χ1n) is 13.5. The van der Waals surface area contributed by atoms with Crippen molar-refractivity contribution < 1.29 is 14.6 Å². The number of hydrogen-bond acceptors (Lipinski definition) is 5. The lowest BCUT2D eigenvalue weighted by atomic mass is 9.56. The Balaban J connectivity index is 1.25. The normalized spacial score (nSPS) is 36.7. The summed E-state index contributed by atoms with van der Waals surface area (Å²) in [5.74, 6) is 3.99. The Hall–Kier alpha value is -1.79. The maximum absolute atomic E-state index is 13.3. The Labute approximate surface area is 203 Å². The average Bonchev–Trinajstić information content (AvgIpc) is 3.25. The Morgan fingerprint density at radius 3 is 2.85 bits per heavy atom. The van der Waals surface area contributed by atoms with Crippen LogP contribution >= 0.6 is 0 Å². The van der Waals surface area contributed by atoms with E-state index in [0.29, 0.717) is 30.8 Å². The fourth-order valence-corrected chi connectivity index (χ4v) is 7.83. The molecule has 186 valence electrons. The predicted octanol–water partition coefficient (Wildman–Crippen LogP) is 5.04. The van der Waals surface area contributed by atoms with Crippen LogP contribution in [0.3, 0.4) is 0 Å². The molecule has 34 heavy (non-hydrogen) atoms. The number of rotatable bonds is 5. The number of ketones is 1. The molecule has 0 aromatic carbocycles. The van der Waals surface area contributed by atoms with Crippen LogP contribution in [0.2, 0.25) is 0 Å². The van der Waals surface area contributed by atoms with E-state index in [2.05, 4.69) is 17.0 Å². The van der Waals surface area contributed by atoms with E-state index in [-0.39, 0.29) is 5.92 Å². The van der Waals surface area contributed by atoms with Crippen LogP contribution in [0.4, 0.5) is 0 Å². The van der Waals surface area contributed by atoms with Gasteiger partial charge in [-0.15, -0.1) is 0 Å². The molecule has 6 heteroatoms. The fraction of sp³-hybridized carbons (Fsp3) is 0.750. The van der Waals surface area contributed by atoms with Gasteiger partial charge in [0.15, 0.2) is 5.78 Å². The number of nitrogens with zero attached hydrogens (tertiary/aromatic N) is 3. The van der Waals surface area contributed by atoms with Crippen molar-refractivity contribution in [3.05, 3.63) is 24.7 Å². The molecule has 2 heterocycles. The monoisotopic (exact) mass is 467 g/mol. The summed E-state index contributed by atoms with van der Waals surface area (Å²) in [5, 5.41) is 16.5. The van der Waals surface area contributed by atoms with Crippen LogP contribution < -0.4 is 0 Å².